The van der Waals surface area contributed by atoms with Crippen LogP contribution in [-0.2, 0) is 0 Å². The van der Waals surface area contributed by atoms with Gasteiger partial charge in [0.2, 0.25) is 5.75 Å². The molecule has 5 heteroatoms. The molecule has 24 heavy (non-hydrogen) atoms. The van der Waals surface area contributed by atoms with E-state index in [0.29, 0.717) is 29.4 Å². The first-order chi connectivity index (χ1) is 11.6. The lowest BCUT2D eigenvalue weighted by atomic mass is 10.1. The van der Waals surface area contributed by atoms with Crippen LogP contribution in [0.2, 0.25) is 0 Å². The van der Waals surface area contributed by atoms with Crippen LogP contribution >= 0.6 is 15.9 Å². The second kappa shape index (κ2) is 8.55. The van der Waals surface area contributed by atoms with Gasteiger partial charge >= 0.3 is 0 Å². The van der Waals surface area contributed by atoms with Gasteiger partial charge in [-0.05, 0) is 55.0 Å². The molecule has 0 saturated heterocycles. The van der Waals surface area contributed by atoms with Crippen LogP contribution in [0.15, 0.2) is 46.9 Å². The topological polar surface area (TPSA) is 44.8 Å². The summed E-state index contributed by atoms with van der Waals surface area (Å²) in [5.74, 6) is 1.60. The monoisotopic (exact) mass is 390 g/mol. The highest BCUT2D eigenvalue weighted by atomic mass is 79.9. The molecule has 2 aromatic rings. The van der Waals surface area contributed by atoms with Gasteiger partial charge in [-0.1, -0.05) is 22.0 Å². The highest BCUT2D eigenvalue weighted by molar-refractivity contribution is 9.10. The third-order valence-corrected chi connectivity index (χ3v) is 3.86. The maximum atomic E-state index is 12.2. The summed E-state index contributed by atoms with van der Waals surface area (Å²) >= 11 is 3.35. The summed E-state index contributed by atoms with van der Waals surface area (Å²) in [6, 6.07) is 10.8. The number of halogens is 1. The van der Waals surface area contributed by atoms with Crippen molar-refractivity contribution in [2.24, 2.45) is 0 Å². The molecule has 0 saturated carbocycles. The molecular weight excluding hydrogens is 372 g/mol. The Bertz CT molecular complexity index is 711. The second-order valence-corrected chi connectivity index (χ2v) is 5.81. The number of benzene rings is 2. The lowest BCUT2D eigenvalue weighted by Gasteiger charge is -2.14. The molecule has 2 aromatic carbocycles. The molecule has 0 aliphatic rings. The Morgan fingerprint density at radius 3 is 2.17 bits per heavy atom. The minimum Gasteiger partial charge on any atom is -0.493 e. The molecule has 0 aliphatic carbocycles. The van der Waals surface area contributed by atoms with Crippen molar-refractivity contribution in [2.75, 3.05) is 20.8 Å². The Morgan fingerprint density at radius 1 is 1.08 bits per heavy atom. The first-order valence-electron chi connectivity index (χ1n) is 7.45. The first kappa shape index (κ1) is 18.1. The number of methoxy groups -OCH3 is 2. The van der Waals surface area contributed by atoms with Gasteiger partial charge in [-0.25, -0.2) is 0 Å². The van der Waals surface area contributed by atoms with Gasteiger partial charge in [0.05, 0.1) is 20.8 Å². The van der Waals surface area contributed by atoms with Gasteiger partial charge in [0.25, 0.3) is 0 Å². The first-order valence-corrected chi connectivity index (χ1v) is 8.25. The number of hydrogen-bond acceptors (Lipinski definition) is 4. The lowest BCUT2D eigenvalue weighted by molar-refractivity contribution is 0.104. The van der Waals surface area contributed by atoms with E-state index in [1.807, 2.05) is 19.1 Å². The second-order valence-electron chi connectivity index (χ2n) is 4.89. The molecule has 0 atom stereocenters. The molecule has 0 radical (unpaired) electrons. The van der Waals surface area contributed by atoms with Gasteiger partial charge in [0.15, 0.2) is 17.3 Å². The number of allylic oxidation sites excluding steroid dienone is 1. The molecule has 0 N–H and O–H groups in total. The number of hydrogen-bond donors (Lipinski definition) is 0. The van der Waals surface area contributed by atoms with E-state index in [1.54, 1.807) is 44.6 Å². The van der Waals surface area contributed by atoms with Crippen molar-refractivity contribution in [1.29, 1.82) is 0 Å². The predicted octanol–water partition coefficient (Wildman–Crippen LogP) is 4.76. The van der Waals surface area contributed by atoms with Crippen LogP contribution in [-0.4, -0.2) is 26.6 Å². The minimum absolute atomic E-state index is 0.0747. The van der Waals surface area contributed by atoms with E-state index in [2.05, 4.69) is 15.9 Å². The van der Waals surface area contributed by atoms with E-state index in [-0.39, 0.29) is 5.78 Å². The van der Waals surface area contributed by atoms with Gasteiger partial charge < -0.3 is 14.2 Å². The summed E-state index contributed by atoms with van der Waals surface area (Å²) in [6.45, 7) is 2.40. The van der Waals surface area contributed by atoms with Crippen molar-refractivity contribution < 1.29 is 19.0 Å². The fourth-order valence-corrected chi connectivity index (χ4v) is 2.43. The summed E-state index contributed by atoms with van der Waals surface area (Å²) in [7, 11) is 3.13. The van der Waals surface area contributed by atoms with Gasteiger partial charge in [-0.3, -0.25) is 4.79 Å². The summed E-state index contributed by atoms with van der Waals surface area (Å²) < 4.78 is 17.2. The molecule has 0 fully saturated rings. The minimum atomic E-state index is -0.0747. The van der Waals surface area contributed by atoms with Crippen LogP contribution in [0.25, 0.3) is 6.08 Å². The standard InChI is InChI=1S/C19H19BrO4/c1-4-24-19-17(22-2)11-13(12-18(19)23-3)5-10-16(21)14-6-8-15(20)9-7-14/h5-12H,4H2,1-3H3. The normalized spacial score (nSPS) is 10.7. The molecule has 0 unspecified atom stereocenters. The molecule has 126 valence electrons. The zero-order valence-corrected chi connectivity index (χ0v) is 15.4. The fourth-order valence-electron chi connectivity index (χ4n) is 2.17. The van der Waals surface area contributed by atoms with E-state index < -0.39 is 0 Å². The molecule has 2 rings (SSSR count). The Morgan fingerprint density at radius 2 is 1.67 bits per heavy atom. The smallest absolute Gasteiger partial charge is 0.203 e. The predicted molar refractivity (Wildman–Crippen MR) is 98.2 cm³/mol. The molecule has 0 spiro atoms. The maximum absolute atomic E-state index is 12.2. The summed E-state index contributed by atoms with van der Waals surface area (Å²) in [5, 5.41) is 0. The maximum Gasteiger partial charge on any atom is 0.203 e. The lowest BCUT2D eigenvalue weighted by Crippen LogP contribution is -1.99. The van der Waals surface area contributed by atoms with E-state index in [1.165, 1.54) is 6.08 Å². The third-order valence-electron chi connectivity index (χ3n) is 3.33. The Hall–Kier alpha value is -2.27. The van der Waals surface area contributed by atoms with E-state index in [4.69, 9.17) is 14.2 Å². The summed E-state index contributed by atoms with van der Waals surface area (Å²) in [5.41, 5.74) is 1.41. The average molecular weight is 391 g/mol. The van der Waals surface area contributed by atoms with Crippen molar-refractivity contribution in [1.82, 2.24) is 0 Å². The highest BCUT2D eigenvalue weighted by Crippen LogP contribution is 2.38. The molecule has 0 bridgehead atoms. The van der Waals surface area contributed by atoms with Crippen LogP contribution in [0, 0.1) is 0 Å². The van der Waals surface area contributed by atoms with Gasteiger partial charge in [-0.15, -0.1) is 0 Å². The number of ketones is 1. The Balaban J connectivity index is 2.28. The zero-order valence-electron chi connectivity index (χ0n) is 13.8. The molecule has 0 amide bonds. The number of carbonyl (C=O) groups is 1. The summed E-state index contributed by atoms with van der Waals surface area (Å²) in [6.07, 6.45) is 3.25. The third kappa shape index (κ3) is 4.38. The molecule has 0 aliphatic heterocycles. The van der Waals surface area contributed by atoms with Crippen LogP contribution in [0.1, 0.15) is 22.8 Å². The van der Waals surface area contributed by atoms with Crippen molar-refractivity contribution >= 4 is 27.8 Å². The van der Waals surface area contributed by atoms with Crippen molar-refractivity contribution in [2.45, 2.75) is 6.92 Å². The Kier molecular flexibility index (Phi) is 6.44. The zero-order chi connectivity index (χ0) is 17.5. The van der Waals surface area contributed by atoms with E-state index in [0.717, 1.165) is 10.0 Å². The van der Waals surface area contributed by atoms with E-state index >= 15 is 0 Å². The SMILES string of the molecule is CCOc1c(OC)cc(C=CC(=O)c2ccc(Br)cc2)cc1OC. The van der Waals surface area contributed by atoms with Crippen molar-refractivity contribution in [3.63, 3.8) is 0 Å². The molecule has 0 heterocycles. The largest absolute Gasteiger partial charge is 0.493 e. The van der Waals surface area contributed by atoms with Crippen LogP contribution in [0.5, 0.6) is 17.2 Å². The number of ether oxygens (including phenoxy) is 3. The van der Waals surface area contributed by atoms with Crippen molar-refractivity contribution in [3.05, 3.63) is 58.1 Å². The van der Waals surface area contributed by atoms with Gasteiger partial charge in [0.1, 0.15) is 0 Å². The molecular formula is C19H19BrO4. The summed E-state index contributed by atoms with van der Waals surface area (Å²) in [4.78, 5) is 12.2. The quantitative estimate of drug-likeness (QED) is 0.504. The molecule has 0 aromatic heterocycles. The average Bonchev–Trinajstić information content (AvgIpc) is 2.61. The highest BCUT2D eigenvalue weighted by Gasteiger charge is 2.13. The van der Waals surface area contributed by atoms with Gasteiger partial charge in [-0.2, -0.15) is 0 Å². The van der Waals surface area contributed by atoms with Crippen LogP contribution < -0.4 is 14.2 Å². The van der Waals surface area contributed by atoms with Gasteiger partial charge in [0, 0.05) is 10.0 Å². The number of rotatable bonds is 7. The number of carbonyl (C=O) groups excluding carboxylic acids is 1. The Labute approximate surface area is 150 Å². The fraction of sp³-hybridized carbons (Fsp3) is 0.211. The van der Waals surface area contributed by atoms with E-state index in [9.17, 15) is 4.79 Å². The van der Waals surface area contributed by atoms with Crippen LogP contribution in [0.3, 0.4) is 0 Å². The van der Waals surface area contributed by atoms with Crippen molar-refractivity contribution in [3.8, 4) is 17.2 Å². The van der Waals surface area contributed by atoms with Crippen LogP contribution in [0.4, 0.5) is 0 Å². The molecule has 4 nitrogen and oxygen atoms in total.